The van der Waals surface area contributed by atoms with Gasteiger partial charge in [0.05, 0.1) is 12.3 Å². The van der Waals surface area contributed by atoms with Crippen molar-refractivity contribution >= 4 is 11.7 Å². The predicted molar refractivity (Wildman–Crippen MR) is 122 cm³/mol. The first kappa shape index (κ1) is 23.1. The van der Waals surface area contributed by atoms with Crippen LogP contribution < -0.4 is 15.8 Å². The number of carbonyl (C=O) groups is 1. The summed E-state index contributed by atoms with van der Waals surface area (Å²) in [5.74, 6) is -0.434. The van der Waals surface area contributed by atoms with Crippen LogP contribution in [0.4, 0.5) is 5.69 Å². The zero-order valence-electron chi connectivity index (χ0n) is 17.6. The van der Waals surface area contributed by atoms with Crippen LogP contribution in [0.15, 0.2) is 72.8 Å². The Morgan fingerprint density at radius 1 is 0.969 bits per heavy atom. The minimum absolute atomic E-state index is 0.193. The number of hydrogen-bond acceptors (Lipinski definition) is 6. The molecule has 1 unspecified atom stereocenters. The third-order valence-corrected chi connectivity index (χ3v) is 5.13. The zero-order chi connectivity index (χ0) is 22.9. The van der Waals surface area contributed by atoms with Crippen LogP contribution in [0.2, 0.25) is 0 Å². The van der Waals surface area contributed by atoms with Gasteiger partial charge in [-0.05, 0) is 53.8 Å². The molecule has 0 heterocycles. The number of aromatic hydroxyl groups is 1. The molecule has 0 aromatic heterocycles. The quantitative estimate of drug-likeness (QED) is 0.231. The highest BCUT2D eigenvalue weighted by atomic mass is 16.5. The standard InChI is InChI=1S/C25H28N2O5/c26-21-11-10-19(16-23(21)32-14-13-18-7-4-8-20(28)15-18)24(29)27-22(25(30)31)12-9-17-5-2-1-3-6-17/h1-8,10-11,15-16,22,24,27-29H,9,12-14,26H2,(H,30,31)/t22-,24?/m0/s1. The molecule has 0 saturated carbocycles. The average molecular weight is 437 g/mol. The Kier molecular flexibility index (Phi) is 8.08. The highest BCUT2D eigenvalue weighted by Crippen LogP contribution is 2.26. The SMILES string of the molecule is Nc1ccc(C(O)N[C@@H](CCc2ccccc2)C(=O)O)cc1OCCc1cccc(O)c1. The van der Waals surface area contributed by atoms with Crippen molar-refractivity contribution in [2.75, 3.05) is 12.3 Å². The highest BCUT2D eigenvalue weighted by Gasteiger charge is 2.21. The molecular formula is C25H28N2O5. The van der Waals surface area contributed by atoms with E-state index in [0.29, 0.717) is 42.9 Å². The second-order valence-electron chi connectivity index (χ2n) is 7.55. The van der Waals surface area contributed by atoms with Crippen molar-refractivity contribution in [2.24, 2.45) is 0 Å². The third kappa shape index (κ3) is 6.73. The van der Waals surface area contributed by atoms with Crippen LogP contribution in [-0.4, -0.2) is 33.9 Å². The van der Waals surface area contributed by atoms with Crippen LogP contribution in [-0.2, 0) is 17.6 Å². The van der Waals surface area contributed by atoms with E-state index in [1.807, 2.05) is 36.4 Å². The Hall–Kier alpha value is -3.55. The van der Waals surface area contributed by atoms with Crippen LogP contribution in [0.5, 0.6) is 11.5 Å². The van der Waals surface area contributed by atoms with E-state index >= 15 is 0 Å². The third-order valence-electron chi connectivity index (χ3n) is 5.13. The zero-order valence-corrected chi connectivity index (χ0v) is 17.6. The minimum atomic E-state index is -1.19. The number of nitrogens with two attached hydrogens (primary N) is 1. The summed E-state index contributed by atoms with van der Waals surface area (Å²) in [6.45, 7) is 0.329. The summed E-state index contributed by atoms with van der Waals surface area (Å²) in [5.41, 5.74) is 8.82. The lowest BCUT2D eigenvalue weighted by molar-refractivity contribution is -0.140. The van der Waals surface area contributed by atoms with Gasteiger partial charge >= 0.3 is 5.97 Å². The number of anilines is 1. The molecule has 7 heteroatoms. The van der Waals surface area contributed by atoms with E-state index in [9.17, 15) is 20.1 Å². The molecule has 0 bridgehead atoms. The van der Waals surface area contributed by atoms with Crippen molar-refractivity contribution < 1.29 is 24.9 Å². The lowest BCUT2D eigenvalue weighted by Gasteiger charge is -2.20. The van der Waals surface area contributed by atoms with Crippen molar-refractivity contribution in [3.63, 3.8) is 0 Å². The number of phenols is 1. The maximum absolute atomic E-state index is 11.7. The smallest absolute Gasteiger partial charge is 0.320 e. The number of hydrogen-bond donors (Lipinski definition) is 5. The Morgan fingerprint density at radius 3 is 2.44 bits per heavy atom. The van der Waals surface area contributed by atoms with E-state index in [1.165, 1.54) is 0 Å². The van der Waals surface area contributed by atoms with Gasteiger partial charge in [0, 0.05) is 6.42 Å². The average Bonchev–Trinajstić information content (AvgIpc) is 2.78. The minimum Gasteiger partial charge on any atom is -0.508 e. The Morgan fingerprint density at radius 2 is 1.72 bits per heavy atom. The first-order valence-electron chi connectivity index (χ1n) is 10.4. The molecule has 0 spiro atoms. The second-order valence-corrected chi connectivity index (χ2v) is 7.55. The van der Waals surface area contributed by atoms with Crippen molar-refractivity contribution in [1.29, 1.82) is 0 Å². The molecule has 0 aliphatic carbocycles. The number of nitrogens with one attached hydrogen (secondary N) is 1. The topological polar surface area (TPSA) is 125 Å². The number of aliphatic hydroxyl groups excluding tert-OH is 1. The fourth-order valence-electron chi connectivity index (χ4n) is 3.36. The van der Waals surface area contributed by atoms with Crippen LogP contribution in [0.1, 0.15) is 29.3 Å². The summed E-state index contributed by atoms with van der Waals surface area (Å²) < 4.78 is 5.77. The number of aliphatic carboxylic acids is 1. The number of carboxylic acids is 1. The van der Waals surface area contributed by atoms with Gasteiger partial charge in [0.2, 0.25) is 0 Å². The van der Waals surface area contributed by atoms with Gasteiger partial charge in [-0.15, -0.1) is 0 Å². The van der Waals surface area contributed by atoms with E-state index in [2.05, 4.69) is 5.32 Å². The molecule has 32 heavy (non-hydrogen) atoms. The number of phenolic OH excluding ortho intramolecular Hbond substituents is 1. The molecule has 3 aromatic carbocycles. The number of carboxylic acid groups (broad SMARTS) is 1. The van der Waals surface area contributed by atoms with Crippen molar-refractivity contribution in [3.8, 4) is 11.5 Å². The summed E-state index contributed by atoms with van der Waals surface area (Å²) in [5, 5.41) is 32.5. The number of benzene rings is 3. The molecule has 0 fully saturated rings. The first-order chi connectivity index (χ1) is 15.4. The maximum atomic E-state index is 11.7. The van der Waals surface area contributed by atoms with Crippen LogP contribution in [0, 0.1) is 0 Å². The molecule has 0 aliphatic rings. The van der Waals surface area contributed by atoms with Crippen molar-refractivity contribution in [2.45, 2.75) is 31.5 Å². The van der Waals surface area contributed by atoms with Gasteiger partial charge in [-0.1, -0.05) is 48.5 Å². The predicted octanol–water partition coefficient (Wildman–Crippen LogP) is 3.26. The molecule has 0 amide bonds. The molecule has 7 nitrogen and oxygen atoms in total. The fraction of sp³-hybridized carbons (Fsp3) is 0.240. The lowest BCUT2D eigenvalue weighted by Crippen LogP contribution is -2.39. The molecular weight excluding hydrogens is 408 g/mol. The van der Waals surface area contributed by atoms with Gasteiger partial charge in [-0.25, -0.2) is 0 Å². The van der Waals surface area contributed by atoms with E-state index in [1.54, 1.807) is 36.4 Å². The fourth-order valence-corrected chi connectivity index (χ4v) is 3.36. The van der Waals surface area contributed by atoms with E-state index < -0.39 is 18.2 Å². The number of rotatable bonds is 11. The van der Waals surface area contributed by atoms with Crippen LogP contribution >= 0.6 is 0 Å². The van der Waals surface area contributed by atoms with Gasteiger partial charge in [-0.3, -0.25) is 10.1 Å². The van der Waals surface area contributed by atoms with E-state index in [-0.39, 0.29) is 5.75 Å². The summed E-state index contributed by atoms with van der Waals surface area (Å²) in [7, 11) is 0. The lowest BCUT2D eigenvalue weighted by atomic mass is 10.0. The molecule has 168 valence electrons. The number of ether oxygens (including phenoxy) is 1. The summed E-state index contributed by atoms with van der Waals surface area (Å²) in [6, 6.07) is 20.4. The highest BCUT2D eigenvalue weighted by molar-refractivity contribution is 5.73. The van der Waals surface area contributed by atoms with Gasteiger partial charge in [0.1, 0.15) is 23.8 Å². The van der Waals surface area contributed by atoms with Crippen molar-refractivity contribution in [1.82, 2.24) is 5.32 Å². The molecule has 6 N–H and O–H groups in total. The largest absolute Gasteiger partial charge is 0.508 e. The molecule has 3 aromatic rings. The summed E-state index contributed by atoms with van der Waals surface area (Å²) >= 11 is 0. The molecule has 3 rings (SSSR count). The van der Waals surface area contributed by atoms with E-state index in [0.717, 1.165) is 11.1 Å². The molecule has 0 aliphatic heterocycles. The van der Waals surface area contributed by atoms with Gasteiger partial charge in [-0.2, -0.15) is 0 Å². The number of aryl methyl sites for hydroxylation is 1. The first-order valence-corrected chi connectivity index (χ1v) is 10.4. The monoisotopic (exact) mass is 436 g/mol. The van der Waals surface area contributed by atoms with E-state index in [4.69, 9.17) is 10.5 Å². The van der Waals surface area contributed by atoms with Crippen LogP contribution in [0.3, 0.4) is 0 Å². The van der Waals surface area contributed by atoms with Crippen molar-refractivity contribution in [3.05, 3.63) is 89.5 Å². The van der Waals surface area contributed by atoms with Gasteiger partial charge in [0.25, 0.3) is 0 Å². The van der Waals surface area contributed by atoms with Crippen LogP contribution in [0.25, 0.3) is 0 Å². The molecule has 0 radical (unpaired) electrons. The van der Waals surface area contributed by atoms with Gasteiger partial charge in [0.15, 0.2) is 0 Å². The summed E-state index contributed by atoms with van der Waals surface area (Å²) in [4.78, 5) is 11.7. The number of nitrogen functional groups attached to an aromatic ring is 1. The molecule has 2 atom stereocenters. The number of aliphatic hydroxyl groups is 1. The maximum Gasteiger partial charge on any atom is 0.320 e. The normalized spacial score (nSPS) is 12.8. The second kappa shape index (κ2) is 11.2. The molecule has 0 saturated heterocycles. The summed E-state index contributed by atoms with van der Waals surface area (Å²) in [6.07, 6.45) is 0.279. The van der Waals surface area contributed by atoms with Gasteiger partial charge < -0.3 is 25.8 Å². The Labute approximate surface area is 187 Å². The Bertz CT molecular complexity index is 1030. The Balaban J connectivity index is 1.59.